The van der Waals surface area contributed by atoms with E-state index in [-0.39, 0.29) is 17.0 Å². The zero-order valence-corrected chi connectivity index (χ0v) is 19.5. The number of hydrogen-bond donors (Lipinski definition) is 3. The Morgan fingerprint density at radius 3 is 2.39 bits per heavy atom. The van der Waals surface area contributed by atoms with Crippen LogP contribution in [0.5, 0.6) is 0 Å². The van der Waals surface area contributed by atoms with Crippen LogP contribution in [0.1, 0.15) is 49.9 Å². The van der Waals surface area contributed by atoms with Gasteiger partial charge in [0.25, 0.3) is 0 Å². The first-order valence-corrected chi connectivity index (χ1v) is 10.3. The molecule has 1 heterocycles. The summed E-state index contributed by atoms with van der Waals surface area (Å²) in [5, 5.41) is 20.3. The minimum absolute atomic E-state index is 0.0722. The summed E-state index contributed by atoms with van der Waals surface area (Å²) in [6.07, 6.45) is 6.55. The van der Waals surface area contributed by atoms with E-state index in [1.807, 2.05) is 32.0 Å². The fourth-order valence-corrected chi connectivity index (χ4v) is 3.77. The minimum atomic E-state index is -1.23. The standard InChI is InChI=1S/C25H33N3O3/c1-8-17(24(30)31)22(29)14-20-19-11-15(2)18(21(9-10-26)28(6)7)12-16(19)13-23(27-20)25(3,4)5/h8-12,14,23,26-27H,13H2,1-7H3,(H,30,31)/b17-8+,20-14-,21-9-,26-10?. The maximum atomic E-state index is 12.7. The highest BCUT2D eigenvalue weighted by Gasteiger charge is 2.32. The van der Waals surface area contributed by atoms with Crippen LogP contribution in [0.25, 0.3) is 11.4 Å². The molecule has 1 aliphatic heterocycles. The first-order chi connectivity index (χ1) is 14.4. The van der Waals surface area contributed by atoms with Crippen LogP contribution in [0.2, 0.25) is 0 Å². The van der Waals surface area contributed by atoms with Gasteiger partial charge in [-0.05, 0) is 55.0 Å². The van der Waals surface area contributed by atoms with E-state index < -0.39 is 11.8 Å². The van der Waals surface area contributed by atoms with Crippen LogP contribution in [0, 0.1) is 17.7 Å². The molecule has 1 atom stereocenters. The Balaban J connectivity index is 2.70. The molecule has 0 amide bonds. The molecule has 0 saturated heterocycles. The van der Waals surface area contributed by atoms with Crippen molar-refractivity contribution in [3.05, 3.63) is 58.2 Å². The number of fused-ring (bicyclic) bond motifs is 1. The van der Waals surface area contributed by atoms with Gasteiger partial charge in [-0.15, -0.1) is 0 Å². The van der Waals surface area contributed by atoms with Gasteiger partial charge in [0.1, 0.15) is 5.57 Å². The molecule has 0 bridgehead atoms. The lowest BCUT2D eigenvalue weighted by Gasteiger charge is -2.38. The average Bonchev–Trinajstić information content (AvgIpc) is 2.65. The zero-order valence-electron chi connectivity index (χ0n) is 19.5. The number of nitrogens with zero attached hydrogens (tertiary/aromatic N) is 1. The smallest absolute Gasteiger partial charge is 0.339 e. The number of aryl methyl sites for hydroxylation is 1. The molecule has 6 nitrogen and oxygen atoms in total. The third kappa shape index (κ3) is 5.32. The van der Waals surface area contributed by atoms with E-state index >= 15 is 0 Å². The number of carbonyl (C=O) groups excluding carboxylic acids is 1. The number of benzene rings is 1. The SMILES string of the molecule is C/C=C(/C(=O)O)C(=O)/C=C1\NC(C(C)(C)C)Cc2cc(/C(=C/C=N)N(C)C)c(C)cc21. The molecule has 0 aliphatic carbocycles. The normalized spacial score (nSPS) is 18.3. The van der Waals surface area contributed by atoms with Crippen molar-refractivity contribution in [3.8, 4) is 0 Å². The van der Waals surface area contributed by atoms with Gasteiger partial charge in [-0.2, -0.15) is 0 Å². The molecule has 1 aliphatic rings. The fourth-order valence-electron chi connectivity index (χ4n) is 3.77. The molecule has 31 heavy (non-hydrogen) atoms. The monoisotopic (exact) mass is 423 g/mol. The van der Waals surface area contributed by atoms with E-state index in [9.17, 15) is 14.7 Å². The fraction of sp³-hybridized carbons (Fsp3) is 0.400. The Bertz CT molecular complexity index is 992. The second-order valence-electron chi connectivity index (χ2n) is 9.13. The van der Waals surface area contributed by atoms with Crippen molar-refractivity contribution in [1.82, 2.24) is 10.2 Å². The van der Waals surface area contributed by atoms with Crippen molar-refractivity contribution < 1.29 is 14.7 Å². The van der Waals surface area contributed by atoms with Gasteiger partial charge in [0.05, 0.1) is 0 Å². The summed E-state index contributed by atoms with van der Waals surface area (Å²) < 4.78 is 0. The van der Waals surface area contributed by atoms with E-state index in [1.54, 1.807) is 13.0 Å². The summed E-state index contributed by atoms with van der Waals surface area (Å²) in [6, 6.07) is 4.24. The molecule has 166 valence electrons. The summed E-state index contributed by atoms with van der Waals surface area (Å²) in [7, 11) is 3.89. The molecular formula is C25H33N3O3. The third-order valence-corrected chi connectivity index (χ3v) is 5.60. The molecule has 0 aromatic heterocycles. The Labute approximate surface area is 184 Å². The molecule has 0 fully saturated rings. The van der Waals surface area contributed by atoms with Gasteiger partial charge < -0.3 is 20.7 Å². The van der Waals surface area contributed by atoms with Crippen LogP contribution in [0.3, 0.4) is 0 Å². The minimum Gasteiger partial charge on any atom is -0.478 e. The summed E-state index contributed by atoms with van der Waals surface area (Å²) >= 11 is 0. The first kappa shape index (κ1) is 24.1. The first-order valence-electron chi connectivity index (χ1n) is 10.3. The second-order valence-corrected chi connectivity index (χ2v) is 9.13. The third-order valence-electron chi connectivity index (χ3n) is 5.60. The quantitative estimate of drug-likeness (QED) is 0.278. The Hall–Kier alpha value is -3.15. The predicted octanol–water partition coefficient (Wildman–Crippen LogP) is 4.05. The Morgan fingerprint density at radius 2 is 1.90 bits per heavy atom. The summed E-state index contributed by atoms with van der Waals surface area (Å²) in [4.78, 5) is 26.1. The van der Waals surface area contributed by atoms with E-state index in [2.05, 4.69) is 32.2 Å². The largest absolute Gasteiger partial charge is 0.478 e. The number of aliphatic carboxylic acids is 1. The van der Waals surface area contributed by atoms with E-state index in [1.165, 1.54) is 18.4 Å². The van der Waals surface area contributed by atoms with Crippen LogP contribution in [0.15, 0.2) is 35.9 Å². The molecule has 0 saturated carbocycles. The average molecular weight is 424 g/mol. The van der Waals surface area contributed by atoms with Gasteiger partial charge in [-0.25, -0.2) is 4.79 Å². The van der Waals surface area contributed by atoms with Crippen LogP contribution in [-0.4, -0.2) is 48.1 Å². The second kappa shape index (κ2) is 9.33. The molecule has 1 unspecified atom stereocenters. The molecule has 6 heteroatoms. The number of allylic oxidation sites excluding steroid dienone is 3. The van der Waals surface area contributed by atoms with Crippen LogP contribution < -0.4 is 5.32 Å². The van der Waals surface area contributed by atoms with E-state index in [4.69, 9.17) is 5.41 Å². The van der Waals surface area contributed by atoms with Crippen molar-refractivity contribution in [2.45, 2.75) is 47.1 Å². The zero-order chi connectivity index (χ0) is 23.5. The summed E-state index contributed by atoms with van der Waals surface area (Å²) in [5.74, 6) is -1.76. The topological polar surface area (TPSA) is 93.5 Å². The highest BCUT2D eigenvalue weighted by Crippen LogP contribution is 2.35. The summed E-state index contributed by atoms with van der Waals surface area (Å²) in [5.41, 5.74) is 5.31. The van der Waals surface area contributed by atoms with Gasteiger partial charge in [-0.1, -0.05) is 26.8 Å². The number of carbonyl (C=O) groups is 2. The summed E-state index contributed by atoms with van der Waals surface area (Å²) in [6.45, 7) is 9.97. The number of rotatable bonds is 6. The highest BCUT2D eigenvalue weighted by molar-refractivity contribution is 6.22. The molecule has 0 radical (unpaired) electrons. The van der Waals surface area contributed by atoms with Crippen molar-refractivity contribution in [2.75, 3.05) is 14.1 Å². The lowest BCUT2D eigenvalue weighted by Crippen LogP contribution is -2.44. The molecule has 1 aromatic carbocycles. The van der Waals surface area contributed by atoms with E-state index in [0.29, 0.717) is 5.70 Å². The molecule has 1 aromatic rings. The molecule has 0 spiro atoms. The Morgan fingerprint density at radius 1 is 1.26 bits per heavy atom. The van der Waals surface area contributed by atoms with Crippen molar-refractivity contribution in [1.29, 1.82) is 5.41 Å². The van der Waals surface area contributed by atoms with Crippen LogP contribution in [0.4, 0.5) is 0 Å². The maximum absolute atomic E-state index is 12.7. The van der Waals surface area contributed by atoms with Crippen molar-refractivity contribution >= 4 is 29.4 Å². The van der Waals surface area contributed by atoms with Crippen molar-refractivity contribution in [3.63, 3.8) is 0 Å². The van der Waals surface area contributed by atoms with Gasteiger partial charge in [0.15, 0.2) is 5.78 Å². The lowest BCUT2D eigenvalue weighted by molar-refractivity contribution is -0.134. The molecule has 2 rings (SSSR count). The van der Waals surface area contributed by atoms with Gasteiger partial charge in [0, 0.05) is 54.9 Å². The number of carboxylic acid groups (broad SMARTS) is 1. The van der Waals surface area contributed by atoms with Crippen LogP contribution >= 0.6 is 0 Å². The number of carboxylic acids is 1. The predicted molar refractivity (Wildman–Crippen MR) is 126 cm³/mol. The molecular weight excluding hydrogens is 390 g/mol. The Kier molecular flexibility index (Phi) is 7.26. The number of nitrogens with one attached hydrogen (secondary N) is 2. The van der Waals surface area contributed by atoms with Gasteiger partial charge in [0.2, 0.25) is 0 Å². The number of hydrogen-bond acceptors (Lipinski definition) is 5. The maximum Gasteiger partial charge on any atom is 0.339 e. The van der Waals surface area contributed by atoms with Crippen LogP contribution in [-0.2, 0) is 16.0 Å². The van der Waals surface area contributed by atoms with Crippen molar-refractivity contribution in [2.24, 2.45) is 5.41 Å². The van der Waals surface area contributed by atoms with E-state index in [0.717, 1.165) is 34.4 Å². The molecule has 3 N–H and O–H groups in total. The van der Waals surface area contributed by atoms with Gasteiger partial charge >= 0.3 is 5.97 Å². The highest BCUT2D eigenvalue weighted by atomic mass is 16.4. The lowest BCUT2D eigenvalue weighted by atomic mass is 9.78. The number of ketones is 1. The van der Waals surface area contributed by atoms with Gasteiger partial charge in [-0.3, -0.25) is 4.79 Å².